The molecule has 0 fully saturated rings. The van der Waals surface area contributed by atoms with Gasteiger partial charge in [-0.05, 0) is 60.9 Å². The minimum absolute atomic E-state index is 0.332. The van der Waals surface area contributed by atoms with Gasteiger partial charge < -0.3 is 14.2 Å². The molecule has 0 aliphatic rings. The average Bonchev–Trinajstić information content (AvgIpc) is 2.76. The Morgan fingerprint density at radius 3 is 2.24 bits per heavy atom. The third-order valence-corrected chi connectivity index (χ3v) is 3.71. The third kappa shape index (κ3) is 8.14. The molecule has 0 saturated carbocycles. The summed E-state index contributed by atoms with van der Waals surface area (Å²) in [5, 5.41) is 8.77. The molecule has 0 heterocycles. The summed E-state index contributed by atoms with van der Waals surface area (Å²) < 4.78 is 15.7. The molecule has 2 aromatic rings. The lowest BCUT2D eigenvalue weighted by Crippen LogP contribution is -2.05. The average molecular weight is 391 g/mol. The van der Waals surface area contributed by atoms with Crippen molar-refractivity contribution in [1.29, 1.82) is 5.26 Å². The van der Waals surface area contributed by atoms with E-state index in [9.17, 15) is 9.59 Å². The highest BCUT2D eigenvalue weighted by Crippen LogP contribution is 2.18. The number of esters is 2. The summed E-state index contributed by atoms with van der Waals surface area (Å²) in [5.74, 6) is 0.129. The zero-order valence-corrected chi connectivity index (χ0v) is 15.9. The molecule has 0 aliphatic carbocycles. The molecular formula is C23H21NO5. The molecule has 0 amide bonds. The van der Waals surface area contributed by atoms with Crippen molar-refractivity contribution in [3.8, 4) is 17.6 Å². The van der Waals surface area contributed by atoms with Gasteiger partial charge >= 0.3 is 11.9 Å². The highest BCUT2D eigenvalue weighted by atomic mass is 16.5. The molecule has 0 N–H and O–H groups in total. The molecule has 6 nitrogen and oxygen atoms in total. The molecule has 0 aliphatic heterocycles. The van der Waals surface area contributed by atoms with Gasteiger partial charge in [-0.1, -0.05) is 18.7 Å². The molecule has 0 radical (unpaired) electrons. The van der Waals surface area contributed by atoms with Crippen LogP contribution < -0.4 is 9.47 Å². The van der Waals surface area contributed by atoms with Crippen LogP contribution in [-0.2, 0) is 14.3 Å². The van der Waals surface area contributed by atoms with Gasteiger partial charge in [0, 0.05) is 12.2 Å². The number of nitriles is 1. The second kappa shape index (κ2) is 11.8. The number of unbranched alkanes of at least 4 members (excludes halogenated alkanes) is 1. The minimum atomic E-state index is -0.503. The van der Waals surface area contributed by atoms with E-state index >= 15 is 0 Å². The summed E-state index contributed by atoms with van der Waals surface area (Å²) in [4.78, 5) is 22.8. The predicted octanol–water partition coefficient (Wildman–Crippen LogP) is 4.07. The molecule has 0 aromatic heterocycles. The van der Waals surface area contributed by atoms with Crippen molar-refractivity contribution < 1.29 is 23.8 Å². The van der Waals surface area contributed by atoms with E-state index in [1.807, 2.05) is 6.07 Å². The molecule has 0 bridgehead atoms. The highest BCUT2D eigenvalue weighted by molar-refractivity contribution is 5.88. The van der Waals surface area contributed by atoms with Gasteiger partial charge in [0.15, 0.2) is 0 Å². The normalized spacial score (nSPS) is 10.2. The van der Waals surface area contributed by atoms with E-state index in [-0.39, 0.29) is 0 Å². The van der Waals surface area contributed by atoms with E-state index < -0.39 is 11.9 Å². The molecule has 2 rings (SSSR count). The maximum Gasteiger partial charge on any atom is 0.336 e. The fourth-order valence-corrected chi connectivity index (χ4v) is 2.21. The summed E-state index contributed by atoms with van der Waals surface area (Å²) in [6.07, 6.45) is 5.51. The topological polar surface area (TPSA) is 85.6 Å². The Bertz CT molecular complexity index is 892. The molecule has 0 unspecified atom stereocenters. The van der Waals surface area contributed by atoms with Gasteiger partial charge in [-0.3, -0.25) is 0 Å². The Morgan fingerprint density at radius 1 is 0.931 bits per heavy atom. The van der Waals surface area contributed by atoms with E-state index in [2.05, 4.69) is 6.58 Å². The van der Waals surface area contributed by atoms with Crippen molar-refractivity contribution in [3.05, 3.63) is 78.4 Å². The Hall–Kier alpha value is -3.85. The van der Waals surface area contributed by atoms with Gasteiger partial charge in [0.25, 0.3) is 0 Å². The maximum atomic E-state index is 11.9. The summed E-state index contributed by atoms with van der Waals surface area (Å²) in [7, 11) is 0. The van der Waals surface area contributed by atoms with Crippen LogP contribution in [0.25, 0.3) is 6.08 Å². The number of benzene rings is 2. The van der Waals surface area contributed by atoms with Crippen LogP contribution in [0.2, 0.25) is 0 Å². The van der Waals surface area contributed by atoms with Gasteiger partial charge in [-0.25, -0.2) is 9.59 Å². The largest absolute Gasteiger partial charge is 0.494 e. The fourth-order valence-electron chi connectivity index (χ4n) is 2.21. The molecule has 0 spiro atoms. The number of nitrogens with zero attached hydrogens (tertiary/aromatic N) is 1. The first-order chi connectivity index (χ1) is 14.1. The van der Waals surface area contributed by atoms with E-state index in [0.717, 1.165) is 18.1 Å². The quantitative estimate of drug-likeness (QED) is 0.263. The molecule has 2 aromatic carbocycles. The Morgan fingerprint density at radius 2 is 1.59 bits per heavy atom. The third-order valence-electron chi connectivity index (χ3n) is 3.71. The number of hydrogen-bond donors (Lipinski definition) is 0. The molecule has 0 saturated heterocycles. The standard InChI is InChI=1S/C23H21NO5/c1-2-22(25)28-16-4-3-15-27-20-10-12-21(13-11-20)29-23(26)14-9-18-5-7-19(17-24)8-6-18/h2,5-14H,1,3-4,15-16H2/b14-9+. The Balaban J connectivity index is 1.71. The van der Waals surface area contributed by atoms with Crippen LogP contribution >= 0.6 is 0 Å². The van der Waals surface area contributed by atoms with Crippen molar-refractivity contribution in [2.75, 3.05) is 13.2 Å². The second-order valence-corrected chi connectivity index (χ2v) is 5.89. The van der Waals surface area contributed by atoms with Crippen LogP contribution in [-0.4, -0.2) is 25.2 Å². The zero-order chi connectivity index (χ0) is 20.9. The lowest BCUT2D eigenvalue weighted by Gasteiger charge is -2.07. The van der Waals surface area contributed by atoms with Gasteiger partial charge in [0.1, 0.15) is 11.5 Å². The Kier molecular flexibility index (Phi) is 8.71. The minimum Gasteiger partial charge on any atom is -0.494 e. The van der Waals surface area contributed by atoms with Crippen molar-refractivity contribution in [1.82, 2.24) is 0 Å². The predicted molar refractivity (Wildman–Crippen MR) is 108 cm³/mol. The number of carbonyl (C=O) groups excluding carboxylic acids is 2. The molecule has 6 heteroatoms. The SMILES string of the molecule is C=CC(=O)OCCCCOc1ccc(OC(=O)/C=C/c2ccc(C#N)cc2)cc1. The first-order valence-corrected chi connectivity index (χ1v) is 9.03. The van der Waals surface area contributed by atoms with E-state index in [1.54, 1.807) is 54.6 Å². The van der Waals surface area contributed by atoms with E-state index in [4.69, 9.17) is 19.5 Å². The molecule has 148 valence electrons. The number of rotatable bonds is 10. The second-order valence-electron chi connectivity index (χ2n) is 5.89. The summed E-state index contributed by atoms with van der Waals surface area (Å²) in [6.45, 7) is 4.14. The summed E-state index contributed by atoms with van der Waals surface area (Å²) in [5.41, 5.74) is 1.35. The lowest BCUT2D eigenvalue weighted by molar-refractivity contribution is -0.137. The van der Waals surface area contributed by atoms with Crippen LogP contribution in [0.15, 0.2) is 67.3 Å². The maximum absolute atomic E-state index is 11.9. The van der Waals surface area contributed by atoms with Gasteiger partial charge in [-0.15, -0.1) is 0 Å². The van der Waals surface area contributed by atoms with Crippen LogP contribution in [0.1, 0.15) is 24.0 Å². The van der Waals surface area contributed by atoms with Crippen molar-refractivity contribution in [2.45, 2.75) is 12.8 Å². The highest BCUT2D eigenvalue weighted by Gasteiger charge is 2.02. The summed E-state index contributed by atoms with van der Waals surface area (Å²) >= 11 is 0. The molecule has 29 heavy (non-hydrogen) atoms. The zero-order valence-electron chi connectivity index (χ0n) is 15.9. The number of ether oxygens (including phenoxy) is 3. The lowest BCUT2D eigenvalue weighted by atomic mass is 10.1. The molecular weight excluding hydrogens is 370 g/mol. The number of hydrogen-bond acceptors (Lipinski definition) is 6. The van der Waals surface area contributed by atoms with E-state index in [0.29, 0.717) is 36.7 Å². The van der Waals surface area contributed by atoms with Crippen molar-refractivity contribution >= 4 is 18.0 Å². The van der Waals surface area contributed by atoms with Crippen molar-refractivity contribution in [2.24, 2.45) is 0 Å². The Labute approximate surface area is 169 Å². The van der Waals surface area contributed by atoms with Gasteiger partial charge in [-0.2, -0.15) is 5.26 Å². The van der Waals surface area contributed by atoms with Gasteiger partial charge in [0.05, 0.1) is 24.8 Å². The van der Waals surface area contributed by atoms with Crippen LogP contribution in [0.4, 0.5) is 0 Å². The van der Waals surface area contributed by atoms with Gasteiger partial charge in [0.2, 0.25) is 0 Å². The van der Waals surface area contributed by atoms with E-state index in [1.165, 1.54) is 6.08 Å². The fraction of sp³-hybridized carbons (Fsp3) is 0.174. The summed E-state index contributed by atoms with van der Waals surface area (Å²) in [6, 6.07) is 15.6. The van der Waals surface area contributed by atoms with Crippen LogP contribution in [0.3, 0.4) is 0 Å². The molecule has 0 atom stereocenters. The monoisotopic (exact) mass is 391 g/mol. The smallest absolute Gasteiger partial charge is 0.336 e. The first-order valence-electron chi connectivity index (χ1n) is 9.03. The first kappa shape index (κ1) is 21.5. The van der Waals surface area contributed by atoms with Crippen LogP contribution in [0.5, 0.6) is 11.5 Å². The number of carbonyl (C=O) groups is 2. The van der Waals surface area contributed by atoms with Crippen molar-refractivity contribution in [3.63, 3.8) is 0 Å². The van der Waals surface area contributed by atoms with Crippen LogP contribution in [0, 0.1) is 11.3 Å².